The Morgan fingerprint density at radius 3 is 2.87 bits per heavy atom. The molecule has 0 aromatic carbocycles. The van der Waals surface area contributed by atoms with Crippen LogP contribution < -0.4 is 4.90 Å². The minimum Gasteiger partial charge on any atom is -0.393 e. The van der Waals surface area contributed by atoms with Crippen LogP contribution in [0.5, 0.6) is 0 Å². The van der Waals surface area contributed by atoms with Gasteiger partial charge in [-0.2, -0.15) is 0 Å². The Bertz CT molecular complexity index is 330. The highest BCUT2D eigenvalue weighted by Crippen LogP contribution is 2.16. The highest BCUT2D eigenvalue weighted by atomic mass is 35.5. The lowest BCUT2D eigenvalue weighted by atomic mass is 10.2. The van der Waals surface area contributed by atoms with Crippen LogP contribution in [-0.4, -0.2) is 34.8 Å². The topological polar surface area (TPSA) is 49.2 Å². The molecule has 0 fully saturated rings. The number of aromatic nitrogens is 2. The molecule has 0 radical (unpaired) electrons. The van der Waals surface area contributed by atoms with Crippen LogP contribution >= 0.6 is 11.6 Å². The van der Waals surface area contributed by atoms with Crippen LogP contribution in [0.15, 0.2) is 6.20 Å². The standard InChI is InChI=1S/C10H16ClN3O/c1-7-6-12-10(11)13-9(7)14(3)5-4-8(2)15/h6,8,15H,4-5H2,1-3H3. The average Bonchev–Trinajstić information content (AvgIpc) is 2.18. The maximum Gasteiger partial charge on any atom is 0.224 e. The van der Waals surface area contributed by atoms with Gasteiger partial charge >= 0.3 is 0 Å². The molecule has 0 aliphatic rings. The molecule has 0 saturated heterocycles. The highest BCUT2D eigenvalue weighted by Gasteiger charge is 2.08. The Labute approximate surface area is 94.9 Å². The van der Waals surface area contributed by atoms with Gasteiger partial charge in [0.15, 0.2) is 0 Å². The molecule has 1 N–H and O–H groups in total. The summed E-state index contributed by atoms with van der Waals surface area (Å²) in [5, 5.41) is 9.44. The van der Waals surface area contributed by atoms with Crippen LogP contribution in [0.25, 0.3) is 0 Å². The first-order valence-corrected chi connectivity index (χ1v) is 5.27. The summed E-state index contributed by atoms with van der Waals surface area (Å²) in [6.07, 6.45) is 2.10. The molecule has 5 heteroatoms. The molecule has 15 heavy (non-hydrogen) atoms. The molecular weight excluding hydrogens is 214 g/mol. The number of rotatable bonds is 4. The highest BCUT2D eigenvalue weighted by molar-refractivity contribution is 6.28. The Kier molecular flexibility index (Phi) is 4.29. The predicted octanol–water partition coefficient (Wildman–Crippen LogP) is 1.65. The first-order chi connectivity index (χ1) is 7.00. The van der Waals surface area contributed by atoms with Crippen molar-refractivity contribution in [2.24, 2.45) is 0 Å². The maximum atomic E-state index is 9.19. The van der Waals surface area contributed by atoms with E-state index in [-0.39, 0.29) is 11.4 Å². The fraction of sp³-hybridized carbons (Fsp3) is 0.600. The number of halogens is 1. The third kappa shape index (κ3) is 3.64. The average molecular weight is 230 g/mol. The number of aryl methyl sites for hydroxylation is 1. The summed E-state index contributed by atoms with van der Waals surface area (Å²) in [7, 11) is 1.92. The third-order valence-corrected chi connectivity index (χ3v) is 2.34. The number of hydrogen-bond acceptors (Lipinski definition) is 4. The SMILES string of the molecule is Cc1cnc(Cl)nc1N(C)CCC(C)O. The van der Waals surface area contributed by atoms with Crippen LogP contribution in [0.1, 0.15) is 18.9 Å². The van der Waals surface area contributed by atoms with Crippen LogP contribution in [0, 0.1) is 6.92 Å². The zero-order chi connectivity index (χ0) is 11.4. The molecule has 1 heterocycles. The van der Waals surface area contributed by atoms with Crippen molar-refractivity contribution in [3.63, 3.8) is 0 Å². The Balaban J connectivity index is 2.72. The Morgan fingerprint density at radius 2 is 2.27 bits per heavy atom. The molecule has 1 unspecified atom stereocenters. The van der Waals surface area contributed by atoms with E-state index in [1.54, 1.807) is 13.1 Å². The minimum absolute atomic E-state index is 0.250. The number of aliphatic hydroxyl groups is 1. The quantitative estimate of drug-likeness (QED) is 0.798. The monoisotopic (exact) mass is 229 g/mol. The normalized spacial score (nSPS) is 12.6. The van der Waals surface area contributed by atoms with Gasteiger partial charge in [-0.1, -0.05) is 0 Å². The van der Waals surface area contributed by atoms with Crippen molar-refractivity contribution in [3.8, 4) is 0 Å². The van der Waals surface area contributed by atoms with Crippen LogP contribution in [0.2, 0.25) is 5.28 Å². The fourth-order valence-electron chi connectivity index (χ4n) is 1.29. The van der Waals surface area contributed by atoms with Crippen LogP contribution in [-0.2, 0) is 0 Å². The molecule has 0 spiro atoms. The molecular formula is C10H16ClN3O. The van der Waals surface area contributed by atoms with Gasteiger partial charge in [-0.3, -0.25) is 0 Å². The lowest BCUT2D eigenvalue weighted by Crippen LogP contribution is -2.23. The van der Waals surface area contributed by atoms with E-state index in [9.17, 15) is 5.11 Å². The number of hydrogen-bond donors (Lipinski definition) is 1. The number of aliphatic hydroxyl groups excluding tert-OH is 1. The van der Waals surface area contributed by atoms with Crippen molar-refractivity contribution in [2.75, 3.05) is 18.5 Å². The summed E-state index contributed by atoms with van der Waals surface area (Å²) in [6, 6.07) is 0. The van der Waals surface area contributed by atoms with Gasteiger partial charge < -0.3 is 10.0 Å². The first-order valence-electron chi connectivity index (χ1n) is 4.89. The van der Waals surface area contributed by atoms with E-state index in [2.05, 4.69) is 9.97 Å². The van der Waals surface area contributed by atoms with Gasteiger partial charge in [0.1, 0.15) is 5.82 Å². The Hall–Kier alpha value is -0.870. The second kappa shape index (κ2) is 5.28. The summed E-state index contributed by atoms with van der Waals surface area (Å²) in [6.45, 7) is 4.45. The van der Waals surface area contributed by atoms with Crippen LogP contribution in [0.3, 0.4) is 0 Å². The summed E-state index contributed by atoms with van der Waals surface area (Å²) in [4.78, 5) is 10.0. The van der Waals surface area contributed by atoms with E-state index in [0.29, 0.717) is 6.42 Å². The van der Waals surface area contributed by atoms with E-state index in [1.807, 2.05) is 18.9 Å². The fourth-order valence-corrected chi connectivity index (χ4v) is 1.41. The van der Waals surface area contributed by atoms with Crippen molar-refractivity contribution in [1.29, 1.82) is 0 Å². The van der Waals surface area contributed by atoms with Gasteiger partial charge in [0.05, 0.1) is 6.10 Å². The second-order valence-corrected chi connectivity index (χ2v) is 4.04. The maximum absolute atomic E-state index is 9.19. The van der Waals surface area contributed by atoms with Gasteiger partial charge in [0, 0.05) is 25.4 Å². The third-order valence-electron chi connectivity index (χ3n) is 2.16. The molecule has 0 aliphatic carbocycles. The van der Waals surface area contributed by atoms with E-state index in [1.165, 1.54) is 0 Å². The van der Waals surface area contributed by atoms with Crippen LogP contribution in [0.4, 0.5) is 5.82 Å². The summed E-state index contributed by atoms with van der Waals surface area (Å²) in [5.41, 5.74) is 0.979. The van der Waals surface area contributed by atoms with Crippen molar-refractivity contribution < 1.29 is 5.11 Å². The zero-order valence-corrected chi connectivity index (χ0v) is 9.99. The second-order valence-electron chi connectivity index (χ2n) is 3.70. The molecule has 0 amide bonds. The molecule has 84 valence electrons. The summed E-state index contributed by atoms with van der Waals surface area (Å²) < 4.78 is 0. The Morgan fingerprint density at radius 1 is 1.60 bits per heavy atom. The smallest absolute Gasteiger partial charge is 0.224 e. The number of nitrogens with zero attached hydrogens (tertiary/aromatic N) is 3. The lowest BCUT2D eigenvalue weighted by Gasteiger charge is -2.20. The van der Waals surface area contributed by atoms with E-state index < -0.39 is 0 Å². The lowest BCUT2D eigenvalue weighted by molar-refractivity contribution is 0.187. The van der Waals surface area contributed by atoms with Crippen molar-refractivity contribution in [1.82, 2.24) is 9.97 Å². The molecule has 4 nitrogen and oxygen atoms in total. The molecule has 0 aliphatic heterocycles. The molecule has 0 saturated carbocycles. The molecule has 1 aromatic heterocycles. The molecule has 1 rings (SSSR count). The minimum atomic E-state index is -0.301. The van der Waals surface area contributed by atoms with Gasteiger partial charge in [-0.15, -0.1) is 0 Å². The van der Waals surface area contributed by atoms with Crippen molar-refractivity contribution in [3.05, 3.63) is 17.0 Å². The number of anilines is 1. The van der Waals surface area contributed by atoms with Gasteiger partial charge in [-0.25, -0.2) is 9.97 Å². The van der Waals surface area contributed by atoms with Crippen molar-refractivity contribution >= 4 is 17.4 Å². The van der Waals surface area contributed by atoms with Gasteiger partial charge in [-0.05, 0) is 31.9 Å². The predicted molar refractivity (Wildman–Crippen MR) is 61.3 cm³/mol. The summed E-state index contributed by atoms with van der Waals surface area (Å²) in [5.74, 6) is 0.815. The van der Waals surface area contributed by atoms with E-state index >= 15 is 0 Å². The van der Waals surface area contributed by atoms with E-state index in [0.717, 1.165) is 17.9 Å². The molecule has 1 atom stereocenters. The molecule has 1 aromatic rings. The molecule has 0 bridgehead atoms. The van der Waals surface area contributed by atoms with Gasteiger partial charge in [0.2, 0.25) is 5.28 Å². The zero-order valence-electron chi connectivity index (χ0n) is 9.24. The first kappa shape index (κ1) is 12.2. The largest absolute Gasteiger partial charge is 0.393 e. The van der Waals surface area contributed by atoms with E-state index in [4.69, 9.17) is 11.6 Å². The van der Waals surface area contributed by atoms with Gasteiger partial charge in [0.25, 0.3) is 0 Å². The van der Waals surface area contributed by atoms with Crippen molar-refractivity contribution in [2.45, 2.75) is 26.4 Å². The summed E-state index contributed by atoms with van der Waals surface area (Å²) >= 11 is 5.73.